The Labute approximate surface area is 226 Å². The maximum atomic E-state index is 12.4. The fourth-order valence-electron chi connectivity index (χ4n) is 3.50. The number of nitrogens with one attached hydrogen (secondary N) is 2. The second-order valence-electron chi connectivity index (χ2n) is 9.24. The Hall–Kier alpha value is -3.82. The van der Waals surface area contributed by atoms with E-state index in [0.717, 1.165) is 16.9 Å². The first kappa shape index (κ1) is 26.2. The number of nitrogens with zero attached hydrogens (tertiary/aromatic N) is 4. The molecule has 1 heterocycles. The summed E-state index contributed by atoms with van der Waals surface area (Å²) in [6.45, 7) is 6.56. The molecule has 188 valence electrons. The third kappa shape index (κ3) is 7.12. The standard InChI is InChI=1S/C28H28N6OS2/c1-28(2,3)21-16-14-20(15-17-21)26-32-33-27(34(26)23-12-8-5-9-13-23)37-19-24(35)31-29-18-25(36)30-22-10-6-4-7-11-22/h4-18H,19H2,1-3H3,(H,30,36)(H,31,35)/b29-18-. The zero-order valence-corrected chi connectivity index (χ0v) is 22.5. The van der Waals surface area contributed by atoms with E-state index in [1.165, 1.54) is 23.5 Å². The van der Waals surface area contributed by atoms with E-state index >= 15 is 0 Å². The Morgan fingerprint density at radius 1 is 0.973 bits per heavy atom. The van der Waals surface area contributed by atoms with Gasteiger partial charge in [0.05, 0.1) is 12.0 Å². The van der Waals surface area contributed by atoms with Crippen molar-refractivity contribution in [1.82, 2.24) is 20.2 Å². The van der Waals surface area contributed by atoms with Crippen molar-refractivity contribution >= 4 is 46.8 Å². The van der Waals surface area contributed by atoms with Gasteiger partial charge in [-0.05, 0) is 35.2 Å². The van der Waals surface area contributed by atoms with Crippen molar-refractivity contribution < 1.29 is 4.79 Å². The van der Waals surface area contributed by atoms with Gasteiger partial charge in [0.1, 0.15) is 4.99 Å². The SMILES string of the molecule is CC(C)(C)c1ccc(-c2nnc(SCC(=O)N/N=C\C(=S)Nc3ccccc3)n2-c2ccccc2)cc1. The minimum atomic E-state index is -0.276. The van der Waals surface area contributed by atoms with Crippen LogP contribution in [0.4, 0.5) is 5.69 Å². The number of hydrogen-bond donors (Lipinski definition) is 2. The summed E-state index contributed by atoms with van der Waals surface area (Å²) in [6, 6.07) is 27.7. The van der Waals surface area contributed by atoms with Crippen LogP contribution in [0.5, 0.6) is 0 Å². The summed E-state index contributed by atoms with van der Waals surface area (Å²) < 4.78 is 1.96. The Kier molecular flexibility index (Phi) is 8.47. The van der Waals surface area contributed by atoms with Crippen LogP contribution in [0, 0.1) is 0 Å². The predicted molar refractivity (Wildman–Crippen MR) is 156 cm³/mol. The summed E-state index contributed by atoms with van der Waals surface area (Å²) in [4.78, 5) is 12.8. The lowest BCUT2D eigenvalue weighted by atomic mass is 9.87. The minimum Gasteiger partial charge on any atom is -0.345 e. The van der Waals surface area contributed by atoms with Crippen molar-refractivity contribution in [2.24, 2.45) is 5.10 Å². The van der Waals surface area contributed by atoms with Crippen LogP contribution in [0.3, 0.4) is 0 Å². The van der Waals surface area contributed by atoms with Gasteiger partial charge in [-0.25, -0.2) is 5.43 Å². The van der Waals surface area contributed by atoms with Crippen LogP contribution < -0.4 is 10.7 Å². The number of hydrogen-bond acceptors (Lipinski definition) is 6. The molecule has 0 unspecified atom stereocenters. The number of hydrazone groups is 1. The van der Waals surface area contributed by atoms with Gasteiger partial charge < -0.3 is 5.32 Å². The van der Waals surface area contributed by atoms with Crippen LogP contribution in [0.2, 0.25) is 0 Å². The van der Waals surface area contributed by atoms with E-state index in [9.17, 15) is 4.79 Å². The molecule has 0 atom stereocenters. The van der Waals surface area contributed by atoms with Crippen LogP contribution in [-0.2, 0) is 10.2 Å². The van der Waals surface area contributed by atoms with Crippen LogP contribution in [-0.4, -0.2) is 37.6 Å². The number of para-hydroxylation sites is 2. The normalized spacial score (nSPS) is 11.4. The number of aromatic nitrogens is 3. The van der Waals surface area contributed by atoms with E-state index in [0.29, 0.717) is 16.0 Å². The molecule has 9 heteroatoms. The molecule has 0 bridgehead atoms. The summed E-state index contributed by atoms with van der Waals surface area (Å²) in [6.07, 6.45) is 1.40. The summed E-state index contributed by atoms with van der Waals surface area (Å²) >= 11 is 6.53. The molecule has 0 saturated heterocycles. The Morgan fingerprint density at radius 2 is 1.62 bits per heavy atom. The van der Waals surface area contributed by atoms with Gasteiger partial charge in [-0.15, -0.1) is 10.2 Å². The number of anilines is 1. The van der Waals surface area contributed by atoms with Gasteiger partial charge in [0, 0.05) is 16.9 Å². The van der Waals surface area contributed by atoms with Gasteiger partial charge in [-0.3, -0.25) is 9.36 Å². The first-order valence-electron chi connectivity index (χ1n) is 11.7. The maximum Gasteiger partial charge on any atom is 0.250 e. The van der Waals surface area contributed by atoms with Crippen molar-refractivity contribution in [3.05, 3.63) is 90.5 Å². The fourth-order valence-corrected chi connectivity index (χ4v) is 4.42. The lowest BCUT2D eigenvalue weighted by Gasteiger charge is -2.19. The summed E-state index contributed by atoms with van der Waals surface area (Å²) in [5.74, 6) is 0.553. The van der Waals surface area contributed by atoms with E-state index in [-0.39, 0.29) is 17.1 Å². The molecule has 4 rings (SSSR count). The number of thiocarbonyl (C=S) groups is 1. The molecule has 1 amide bonds. The zero-order valence-electron chi connectivity index (χ0n) is 20.9. The number of thioether (sulfide) groups is 1. The number of rotatable bonds is 8. The minimum absolute atomic E-state index is 0.0594. The van der Waals surface area contributed by atoms with Crippen LogP contribution >= 0.6 is 24.0 Å². The Morgan fingerprint density at radius 3 is 2.27 bits per heavy atom. The Bertz CT molecular complexity index is 1380. The molecule has 0 aliphatic heterocycles. The van der Waals surface area contributed by atoms with E-state index in [4.69, 9.17) is 12.2 Å². The third-order valence-corrected chi connectivity index (χ3v) is 6.54. The van der Waals surface area contributed by atoms with E-state index in [2.05, 4.69) is 71.1 Å². The number of carbonyl (C=O) groups excluding carboxylic acids is 1. The van der Waals surface area contributed by atoms with Crippen molar-refractivity contribution in [2.45, 2.75) is 31.3 Å². The zero-order chi connectivity index (χ0) is 26.3. The van der Waals surface area contributed by atoms with E-state index in [1.54, 1.807) is 0 Å². The first-order valence-corrected chi connectivity index (χ1v) is 13.1. The Balaban J connectivity index is 1.45. The van der Waals surface area contributed by atoms with Gasteiger partial charge in [0.25, 0.3) is 5.91 Å². The maximum absolute atomic E-state index is 12.4. The molecule has 0 spiro atoms. The smallest absolute Gasteiger partial charge is 0.250 e. The monoisotopic (exact) mass is 528 g/mol. The van der Waals surface area contributed by atoms with Crippen molar-refractivity contribution in [1.29, 1.82) is 0 Å². The fraction of sp³-hybridized carbons (Fsp3) is 0.179. The van der Waals surface area contributed by atoms with Gasteiger partial charge in [0.2, 0.25) is 0 Å². The first-order chi connectivity index (χ1) is 17.8. The van der Waals surface area contributed by atoms with Crippen molar-refractivity contribution in [2.75, 3.05) is 11.1 Å². The largest absolute Gasteiger partial charge is 0.345 e. The van der Waals surface area contributed by atoms with Crippen LogP contribution in [0.1, 0.15) is 26.3 Å². The van der Waals surface area contributed by atoms with Crippen LogP contribution in [0.25, 0.3) is 17.1 Å². The lowest BCUT2D eigenvalue weighted by molar-refractivity contribution is -0.118. The molecular weight excluding hydrogens is 500 g/mol. The highest BCUT2D eigenvalue weighted by Crippen LogP contribution is 2.30. The summed E-state index contributed by atoms with van der Waals surface area (Å²) in [5.41, 5.74) is 6.53. The molecule has 0 aliphatic rings. The van der Waals surface area contributed by atoms with Gasteiger partial charge in [0.15, 0.2) is 11.0 Å². The molecule has 37 heavy (non-hydrogen) atoms. The molecule has 0 radical (unpaired) electrons. The van der Waals surface area contributed by atoms with E-state index < -0.39 is 0 Å². The molecule has 0 saturated carbocycles. The second kappa shape index (κ2) is 11.9. The molecule has 0 fully saturated rings. The lowest BCUT2D eigenvalue weighted by Crippen LogP contribution is -2.21. The van der Waals surface area contributed by atoms with Crippen molar-refractivity contribution in [3.63, 3.8) is 0 Å². The molecule has 7 nitrogen and oxygen atoms in total. The predicted octanol–water partition coefficient (Wildman–Crippen LogP) is 5.87. The number of carbonyl (C=O) groups is 1. The average Bonchev–Trinajstić information content (AvgIpc) is 3.32. The molecule has 4 aromatic rings. The highest BCUT2D eigenvalue weighted by molar-refractivity contribution is 7.99. The summed E-state index contributed by atoms with van der Waals surface area (Å²) in [5, 5.41) is 16.5. The molecule has 0 aliphatic carbocycles. The van der Waals surface area contributed by atoms with Crippen LogP contribution in [0.15, 0.2) is 95.2 Å². The topological polar surface area (TPSA) is 84.2 Å². The average molecular weight is 529 g/mol. The molecule has 1 aromatic heterocycles. The third-order valence-electron chi connectivity index (χ3n) is 5.40. The highest BCUT2D eigenvalue weighted by Gasteiger charge is 2.19. The van der Waals surface area contributed by atoms with Crippen molar-refractivity contribution in [3.8, 4) is 17.1 Å². The number of amides is 1. The number of benzene rings is 3. The van der Waals surface area contributed by atoms with Gasteiger partial charge in [-0.2, -0.15) is 5.10 Å². The van der Waals surface area contributed by atoms with Gasteiger partial charge >= 0.3 is 0 Å². The quantitative estimate of drug-likeness (QED) is 0.129. The summed E-state index contributed by atoms with van der Waals surface area (Å²) in [7, 11) is 0. The molecular formula is C28H28N6OS2. The highest BCUT2D eigenvalue weighted by atomic mass is 32.2. The second-order valence-corrected chi connectivity index (χ2v) is 10.6. The molecule has 2 N–H and O–H groups in total. The van der Waals surface area contributed by atoms with Gasteiger partial charge in [-0.1, -0.05) is 105 Å². The molecule has 3 aromatic carbocycles. The van der Waals surface area contributed by atoms with E-state index in [1.807, 2.05) is 65.2 Å².